The highest BCUT2D eigenvalue weighted by molar-refractivity contribution is 7.91. The summed E-state index contributed by atoms with van der Waals surface area (Å²) < 4.78 is 31.5. The van der Waals surface area contributed by atoms with Gasteiger partial charge in [0, 0.05) is 23.5 Å². The molecule has 1 unspecified atom stereocenters. The number of ether oxygens (including phenoxy) is 1. The van der Waals surface area contributed by atoms with Crippen LogP contribution in [0.5, 0.6) is 5.75 Å². The molecule has 7 nitrogen and oxygen atoms in total. The molecule has 0 aliphatic heterocycles. The molecule has 0 aliphatic carbocycles. The van der Waals surface area contributed by atoms with Crippen molar-refractivity contribution in [2.24, 2.45) is 0 Å². The van der Waals surface area contributed by atoms with E-state index in [1.54, 1.807) is 60.0 Å². The van der Waals surface area contributed by atoms with E-state index in [9.17, 15) is 18.0 Å². The summed E-state index contributed by atoms with van der Waals surface area (Å²) in [5.74, 6) is -1.16. The fourth-order valence-corrected chi connectivity index (χ4v) is 5.79. The number of benzene rings is 2. The van der Waals surface area contributed by atoms with Gasteiger partial charge in [-0.15, -0.1) is 11.3 Å². The number of amides is 2. The van der Waals surface area contributed by atoms with Crippen LogP contribution in [0.2, 0.25) is 0 Å². The van der Waals surface area contributed by atoms with E-state index in [0.717, 1.165) is 0 Å². The van der Waals surface area contributed by atoms with Gasteiger partial charge in [0.25, 0.3) is 0 Å². The van der Waals surface area contributed by atoms with Crippen molar-refractivity contribution in [3.8, 4) is 5.75 Å². The first kappa shape index (κ1) is 22.5. The Morgan fingerprint density at radius 2 is 1.61 bits per heavy atom. The Morgan fingerprint density at radius 1 is 0.935 bits per heavy atom. The maximum absolute atomic E-state index is 13.1. The highest BCUT2D eigenvalue weighted by atomic mass is 32.2. The van der Waals surface area contributed by atoms with E-state index >= 15 is 0 Å². The lowest BCUT2D eigenvalue weighted by molar-refractivity contribution is -0.139. The van der Waals surface area contributed by atoms with Crippen LogP contribution in [0.3, 0.4) is 0 Å². The second kappa shape index (κ2) is 10.2. The number of sulfone groups is 1. The average molecular weight is 459 g/mol. The Morgan fingerprint density at radius 3 is 2.29 bits per heavy atom. The van der Waals surface area contributed by atoms with Crippen LogP contribution in [0.4, 0.5) is 0 Å². The van der Waals surface area contributed by atoms with Crippen molar-refractivity contribution in [2.45, 2.75) is 16.7 Å². The number of methoxy groups -OCH3 is 1. The summed E-state index contributed by atoms with van der Waals surface area (Å²) in [6, 6.07) is 18.6. The summed E-state index contributed by atoms with van der Waals surface area (Å²) in [5.41, 5.74) is 0.717. The van der Waals surface area contributed by atoms with Crippen LogP contribution in [0.1, 0.15) is 15.7 Å². The minimum Gasteiger partial charge on any atom is -0.496 e. The Kier molecular flexibility index (Phi) is 7.43. The Bertz CT molecular complexity index is 1130. The smallest absolute Gasteiger partial charge is 0.309 e. The van der Waals surface area contributed by atoms with Crippen molar-refractivity contribution in [2.75, 3.05) is 13.7 Å². The molecule has 0 aliphatic rings. The molecule has 162 valence electrons. The molecule has 1 aromatic heterocycles. The molecule has 9 heteroatoms. The van der Waals surface area contributed by atoms with Crippen molar-refractivity contribution < 1.29 is 22.7 Å². The average Bonchev–Trinajstić information content (AvgIpc) is 3.32. The lowest BCUT2D eigenvalue weighted by Gasteiger charge is -2.17. The van der Waals surface area contributed by atoms with E-state index in [0.29, 0.717) is 16.2 Å². The van der Waals surface area contributed by atoms with Crippen LogP contribution >= 0.6 is 11.3 Å². The van der Waals surface area contributed by atoms with Crippen LogP contribution in [-0.2, 0) is 26.0 Å². The number of hydrogen-bond acceptors (Lipinski definition) is 6. The molecule has 3 rings (SSSR count). The summed E-state index contributed by atoms with van der Waals surface area (Å²) in [6.45, 7) is -0.119. The molecular formula is C22H22N2O5S2. The third-order valence-corrected chi connectivity index (χ3v) is 7.83. The molecule has 1 heterocycles. The van der Waals surface area contributed by atoms with E-state index in [1.807, 2.05) is 0 Å². The van der Waals surface area contributed by atoms with Crippen molar-refractivity contribution >= 4 is 33.0 Å². The molecule has 2 N–H and O–H groups in total. The van der Waals surface area contributed by atoms with Crippen LogP contribution in [-0.4, -0.2) is 33.9 Å². The van der Waals surface area contributed by atoms with Gasteiger partial charge in [0.15, 0.2) is 9.84 Å². The van der Waals surface area contributed by atoms with Crippen molar-refractivity contribution in [3.63, 3.8) is 0 Å². The zero-order valence-electron chi connectivity index (χ0n) is 16.8. The summed E-state index contributed by atoms with van der Waals surface area (Å²) in [5, 5.41) is 5.75. The number of hydrogen-bond donors (Lipinski definition) is 2. The van der Waals surface area contributed by atoms with Crippen molar-refractivity contribution in [1.82, 2.24) is 10.6 Å². The van der Waals surface area contributed by atoms with Crippen LogP contribution in [0, 0.1) is 0 Å². The molecular weight excluding hydrogens is 436 g/mol. The maximum Gasteiger partial charge on any atom is 0.309 e. The van der Waals surface area contributed by atoms with Gasteiger partial charge in [-0.05, 0) is 29.6 Å². The second-order valence-electron chi connectivity index (χ2n) is 6.57. The number of carbonyl (C=O) groups excluding carboxylic acids is 2. The molecule has 2 aromatic carbocycles. The van der Waals surface area contributed by atoms with E-state index in [4.69, 9.17) is 4.74 Å². The first-order chi connectivity index (χ1) is 14.9. The first-order valence-corrected chi connectivity index (χ1v) is 11.9. The molecule has 0 spiro atoms. The minimum absolute atomic E-state index is 0.104. The van der Waals surface area contributed by atoms with Gasteiger partial charge in [-0.25, -0.2) is 8.42 Å². The Hall–Kier alpha value is -3.17. The van der Waals surface area contributed by atoms with Crippen LogP contribution in [0.15, 0.2) is 77.0 Å². The van der Waals surface area contributed by atoms with Crippen LogP contribution in [0.25, 0.3) is 0 Å². The molecule has 2 amide bonds. The van der Waals surface area contributed by atoms with Gasteiger partial charge in [-0.3, -0.25) is 9.59 Å². The van der Waals surface area contributed by atoms with Crippen molar-refractivity contribution in [3.05, 3.63) is 82.6 Å². The molecule has 31 heavy (non-hydrogen) atoms. The normalized spacial score (nSPS) is 12.0. The highest BCUT2D eigenvalue weighted by Crippen LogP contribution is 2.31. The topological polar surface area (TPSA) is 102 Å². The Labute approximate surface area is 185 Å². The van der Waals surface area contributed by atoms with E-state index < -0.39 is 26.9 Å². The zero-order chi connectivity index (χ0) is 22.3. The van der Waals surface area contributed by atoms with E-state index in [2.05, 4.69) is 10.6 Å². The van der Waals surface area contributed by atoms with Gasteiger partial charge >= 0.3 is 11.8 Å². The number of rotatable bonds is 8. The standard InChI is InChI=1S/C22H22N2O5S2/c1-29-18-11-6-5-8-16(18)14-23-21(25)22(26)24-15-20(19-12-7-13-30-19)31(27,28)17-9-3-2-4-10-17/h2-13,20H,14-15H2,1H3,(H,23,25)(H,24,26). The Balaban J connectivity index is 1.67. The van der Waals surface area contributed by atoms with Gasteiger partial charge in [0.1, 0.15) is 11.0 Å². The fourth-order valence-electron chi connectivity index (χ4n) is 2.98. The predicted molar refractivity (Wildman–Crippen MR) is 119 cm³/mol. The fraction of sp³-hybridized carbons (Fsp3) is 0.182. The van der Waals surface area contributed by atoms with E-state index in [-0.39, 0.29) is 18.0 Å². The predicted octanol–water partition coefficient (Wildman–Crippen LogP) is 2.70. The largest absolute Gasteiger partial charge is 0.496 e. The van der Waals surface area contributed by atoms with Gasteiger partial charge in [-0.2, -0.15) is 0 Å². The summed E-state index contributed by atoms with van der Waals surface area (Å²) in [6.07, 6.45) is 0. The molecule has 0 saturated heterocycles. The monoisotopic (exact) mass is 458 g/mol. The number of nitrogens with one attached hydrogen (secondary N) is 2. The maximum atomic E-state index is 13.1. The molecule has 0 bridgehead atoms. The quantitative estimate of drug-likeness (QED) is 0.506. The summed E-state index contributed by atoms with van der Waals surface area (Å²) in [4.78, 5) is 25.3. The van der Waals surface area contributed by atoms with Gasteiger partial charge in [-0.1, -0.05) is 42.5 Å². The first-order valence-electron chi connectivity index (χ1n) is 9.43. The molecule has 0 radical (unpaired) electrons. The molecule has 0 fully saturated rings. The third-order valence-electron chi connectivity index (χ3n) is 4.59. The van der Waals surface area contributed by atoms with Crippen LogP contribution < -0.4 is 15.4 Å². The van der Waals surface area contributed by atoms with E-state index in [1.165, 1.54) is 30.6 Å². The minimum atomic E-state index is -3.76. The number of thiophene rings is 1. The van der Waals surface area contributed by atoms with Gasteiger partial charge < -0.3 is 15.4 Å². The second-order valence-corrected chi connectivity index (χ2v) is 9.68. The summed E-state index contributed by atoms with van der Waals surface area (Å²) >= 11 is 1.28. The number of carbonyl (C=O) groups is 2. The SMILES string of the molecule is COc1ccccc1CNC(=O)C(=O)NCC(c1cccs1)S(=O)(=O)c1ccccc1. The molecule has 3 aromatic rings. The van der Waals surface area contributed by atoms with Gasteiger partial charge in [0.2, 0.25) is 0 Å². The number of para-hydroxylation sites is 1. The van der Waals surface area contributed by atoms with Crippen molar-refractivity contribution in [1.29, 1.82) is 0 Å². The molecule has 1 atom stereocenters. The lowest BCUT2D eigenvalue weighted by Crippen LogP contribution is -2.42. The van der Waals surface area contributed by atoms with Gasteiger partial charge in [0.05, 0.1) is 12.0 Å². The summed E-state index contributed by atoms with van der Waals surface area (Å²) in [7, 11) is -2.24. The zero-order valence-corrected chi connectivity index (χ0v) is 18.4. The third kappa shape index (κ3) is 5.50. The molecule has 0 saturated carbocycles. The lowest BCUT2D eigenvalue weighted by atomic mass is 10.2. The highest BCUT2D eigenvalue weighted by Gasteiger charge is 2.31.